The Morgan fingerprint density at radius 1 is 1.00 bits per heavy atom. The molecule has 1 N–H and O–H groups in total. The summed E-state index contributed by atoms with van der Waals surface area (Å²) < 4.78 is 0. The molecule has 5 nitrogen and oxygen atoms in total. The van der Waals surface area contributed by atoms with Crippen molar-refractivity contribution in [2.24, 2.45) is 0 Å². The summed E-state index contributed by atoms with van der Waals surface area (Å²) in [4.78, 5) is 19.1. The van der Waals surface area contributed by atoms with E-state index in [1.54, 1.807) is 11.3 Å². The first kappa shape index (κ1) is 23.9. The number of hydrogen-bond acceptors (Lipinski definition) is 5. The highest BCUT2D eigenvalue weighted by Gasteiger charge is 2.23. The van der Waals surface area contributed by atoms with Gasteiger partial charge in [-0.25, -0.2) is 0 Å². The maximum atomic E-state index is 12.3. The quantitative estimate of drug-likeness (QED) is 0.807. The number of hydrogen-bond donors (Lipinski definition) is 1. The minimum Gasteiger partial charge on any atom is -0.339 e. The van der Waals surface area contributed by atoms with Crippen LogP contribution in [-0.2, 0) is 11.3 Å². The van der Waals surface area contributed by atoms with Gasteiger partial charge >= 0.3 is 0 Å². The predicted molar refractivity (Wildman–Crippen MR) is 107 cm³/mol. The molecule has 1 amide bonds. The summed E-state index contributed by atoms with van der Waals surface area (Å²) in [5, 5.41) is 7.66. The molecule has 0 aliphatic carbocycles. The summed E-state index contributed by atoms with van der Waals surface area (Å²) in [6.45, 7) is 9.31. The highest BCUT2D eigenvalue weighted by Crippen LogP contribution is 2.12. The topological polar surface area (TPSA) is 38.8 Å². The fourth-order valence-corrected chi connectivity index (χ4v) is 3.62. The minimum atomic E-state index is 0. The minimum absolute atomic E-state index is 0. The van der Waals surface area contributed by atoms with E-state index in [-0.39, 0.29) is 37.2 Å². The van der Waals surface area contributed by atoms with Crippen LogP contribution in [0.5, 0.6) is 0 Å². The van der Waals surface area contributed by atoms with Crippen molar-refractivity contribution in [2.75, 3.05) is 58.9 Å². The molecule has 1 aromatic heterocycles. The highest BCUT2D eigenvalue weighted by atomic mass is 35.5. The lowest BCUT2D eigenvalue weighted by Crippen LogP contribution is -2.53. The molecule has 140 valence electrons. The third kappa shape index (κ3) is 7.04. The van der Waals surface area contributed by atoms with E-state index in [9.17, 15) is 4.79 Å². The zero-order valence-corrected chi connectivity index (χ0v) is 17.0. The number of thiophene rings is 1. The van der Waals surface area contributed by atoms with Gasteiger partial charge in [-0.15, -0.1) is 37.2 Å². The van der Waals surface area contributed by atoms with Crippen LogP contribution in [-0.4, -0.2) is 79.5 Å². The molecule has 1 aromatic rings. The molecule has 0 atom stereocenters. The largest absolute Gasteiger partial charge is 0.339 e. The van der Waals surface area contributed by atoms with Gasteiger partial charge in [0.2, 0.25) is 5.91 Å². The first-order valence-corrected chi connectivity index (χ1v) is 8.70. The highest BCUT2D eigenvalue weighted by molar-refractivity contribution is 7.07. The normalized spacial score (nSPS) is 18.9. The van der Waals surface area contributed by atoms with Gasteiger partial charge in [-0.2, -0.15) is 11.3 Å². The van der Waals surface area contributed by atoms with E-state index in [2.05, 4.69) is 31.9 Å². The SMILES string of the molecule is Cl.Cl.Cl.O=C(CN1CCNCC1)N1CCN(Cc2ccsc2)CC1. The average Bonchev–Trinajstić information content (AvgIpc) is 3.02. The van der Waals surface area contributed by atoms with Crippen LogP contribution in [0.15, 0.2) is 16.8 Å². The lowest BCUT2D eigenvalue weighted by molar-refractivity contribution is -0.134. The molecule has 3 rings (SSSR count). The summed E-state index contributed by atoms with van der Waals surface area (Å²) in [5.41, 5.74) is 1.39. The Hall–Kier alpha value is -0.0800. The summed E-state index contributed by atoms with van der Waals surface area (Å²) in [6.07, 6.45) is 0. The van der Waals surface area contributed by atoms with Crippen LogP contribution < -0.4 is 5.32 Å². The van der Waals surface area contributed by atoms with E-state index in [0.717, 1.165) is 58.9 Å². The van der Waals surface area contributed by atoms with Crippen molar-refractivity contribution in [2.45, 2.75) is 6.54 Å². The summed E-state index contributed by atoms with van der Waals surface area (Å²) >= 11 is 1.75. The van der Waals surface area contributed by atoms with Crippen molar-refractivity contribution >= 4 is 54.5 Å². The van der Waals surface area contributed by atoms with Crippen LogP contribution in [0.3, 0.4) is 0 Å². The van der Waals surface area contributed by atoms with Gasteiger partial charge in [0.05, 0.1) is 6.54 Å². The fraction of sp³-hybridized carbons (Fsp3) is 0.667. The Morgan fingerprint density at radius 2 is 1.67 bits per heavy atom. The smallest absolute Gasteiger partial charge is 0.236 e. The Bertz CT molecular complexity index is 450. The Labute approximate surface area is 167 Å². The molecule has 2 saturated heterocycles. The first-order valence-electron chi connectivity index (χ1n) is 7.75. The number of piperazine rings is 2. The molecule has 0 aromatic carbocycles. The molecule has 24 heavy (non-hydrogen) atoms. The lowest BCUT2D eigenvalue weighted by Gasteiger charge is -2.36. The molecule has 0 spiro atoms. The second-order valence-electron chi connectivity index (χ2n) is 5.81. The van der Waals surface area contributed by atoms with Gasteiger partial charge in [0.25, 0.3) is 0 Å². The van der Waals surface area contributed by atoms with E-state index in [1.165, 1.54) is 5.56 Å². The van der Waals surface area contributed by atoms with Crippen molar-refractivity contribution in [3.63, 3.8) is 0 Å². The maximum absolute atomic E-state index is 12.3. The summed E-state index contributed by atoms with van der Waals surface area (Å²) in [5.74, 6) is 0.298. The average molecular weight is 418 g/mol. The van der Waals surface area contributed by atoms with Crippen molar-refractivity contribution in [3.05, 3.63) is 22.4 Å². The van der Waals surface area contributed by atoms with Crippen molar-refractivity contribution < 1.29 is 4.79 Å². The van der Waals surface area contributed by atoms with E-state index < -0.39 is 0 Å². The van der Waals surface area contributed by atoms with Crippen LogP contribution in [0.2, 0.25) is 0 Å². The van der Waals surface area contributed by atoms with Crippen molar-refractivity contribution in [1.29, 1.82) is 0 Å². The van der Waals surface area contributed by atoms with Crippen LogP contribution in [0.4, 0.5) is 0 Å². The third-order valence-corrected chi connectivity index (χ3v) is 5.01. The Morgan fingerprint density at radius 3 is 2.25 bits per heavy atom. The molecular weight excluding hydrogens is 391 g/mol. The van der Waals surface area contributed by atoms with Gasteiger partial charge < -0.3 is 10.2 Å². The fourth-order valence-electron chi connectivity index (χ4n) is 2.96. The van der Waals surface area contributed by atoms with Crippen LogP contribution in [0, 0.1) is 0 Å². The zero-order valence-electron chi connectivity index (χ0n) is 13.7. The van der Waals surface area contributed by atoms with E-state index in [4.69, 9.17) is 0 Å². The molecule has 0 radical (unpaired) electrons. The number of halogens is 3. The predicted octanol–water partition coefficient (Wildman–Crippen LogP) is 1.56. The van der Waals surface area contributed by atoms with E-state index in [1.807, 2.05) is 4.90 Å². The van der Waals surface area contributed by atoms with Crippen LogP contribution in [0.1, 0.15) is 5.56 Å². The Kier molecular flexibility index (Phi) is 12.3. The monoisotopic (exact) mass is 416 g/mol. The third-order valence-electron chi connectivity index (χ3n) is 4.28. The standard InChI is InChI=1S/C15H24N4OS.3ClH/c20-15(12-17-4-2-16-3-5-17)19-8-6-18(7-9-19)11-14-1-10-21-13-14;;;/h1,10,13,16H,2-9,11-12H2;3*1H. The second-order valence-corrected chi connectivity index (χ2v) is 6.59. The van der Waals surface area contributed by atoms with Gasteiger partial charge in [0.1, 0.15) is 0 Å². The molecule has 0 bridgehead atoms. The van der Waals surface area contributed by atoms with Gasteiger partial charge in [0, 0.05) is 58.9 Å². The Balaban J connectivity index is 0.00000176. The number of nitrogens with one attached hydrogen (secondary N) is 1. The maximum Gasteiger partial charge on any atom is 0.236 e. The number of carbonyl (C=O) groups is 1. The first-order chi connectivity index (χ1) is 10.3. The molecule has 0 saturated carbocycles. The second kappa shape index (κ2) is 12.3. The zero-order chi connectivity index (χ0) is 14.5. The van der Waals surface area contributed by atoms with Crippen LogP contribution >= 0.6 is 48.6 Å². The molecule has 0 unspecified atom stereocenters. The summed E-state index contributed by atoms with van der Waals surface area (Å²) in [6, 6.07) is 2.19. The number of amides is 1. The molecule has 3 heterocycles. The molecular formula is C15H27Cl3N4OS. The van der Waals surface area contributed by atoms with Gasteiger partial charge in [-0.1, -0.05) is 0 Å². The van der Waals surface area contributed by atoms with E-state index in [0.29, 0.717) is 12.5 Å². The lowest BCUT2D eigenvalue weighted by atomic mass is 10.2. The van der Waals surface area contributed by atoms with Gasteiger partial charge in [-0.05, 0) is 22.4 Å². The number of carbonyl (C=O) groups excluding carboxylic acids is 1. The molecule has 2 aliphatic rings. The number of rotatable bonds is 4. The molecule has 9 heteroatoms. The van der Waals surface area contributed by atoms with E-state index >= 15 is 0 Å². The number of nitrogens with zero attached hydrogens (tertiary/aromatic N) is 3. The van der Waals surface area contributed by atoms with Crippen molar-refractivity contribution in [1.82, 2.24) is 20.0 Å². The summed E-state index contributed by atoms with van der Waals surface area (Å²) in [7, 11) is 0. The molecule has 2 aliphatic heterocycles. The van der Waals surface area contributed by atoms with Crippen molar-refractivity contribution in [3.8, 4) is 0 Å². The van der Waals surface area contributed by atoms with Gasteiger partial charge in [0.15, 0.2) is 0 Å². The van der Waals surface area contributed by atoms with Gasteiger partial charge in [-0.3, -0.25) is 14.6 Å². The molecule has 2 fully saturated rings. The van der Waals surface area contributed by atoms with Crippen LogP contribution in [0.25, 0.3) is 0 Å².